The topological polar surface area (TPSA) is 90.1 Å². The number of thioether (sulfide) groups is 1. The van der Waals surface area contributed by atoms with Crippen LogP contribution in [0, 0.1) is 5.92 Å². The van der Waals surface area contributed by atoms with Crippen molar-refractivity contribution < 1.29 is 9.53 Å². The zero-order valence-corrected chi connectivity index (χ0v) is 19.5. The molecule has 1 aliphatic rings. The van der Waals surface area contributed by atoms with E-state index in [0.717, 1.165) is 21.5 Å². The normalized spacial score (nSPS) is 16.1. The molecule has 0 radical (unpaired) electrons. The van der Waals surface area contributed by atoms with Gasteiger partial charge in [-0.05, 0) is 29.7 Å². The van der Waals surface area contributed by atoms with Crippen molar-refractivity contribution in [2.24, 2.45) is 5.92 Å². The molecule has 0 bridgehead atoms. The van der Waals surface area contributed by atoms with E-state index in [1.54, 1.807) is 29.5 Å². The third kappa shape index (κ3) is 4.53. The van der Waals surface area contributed by atoms with Gasteiger partial charge in [0.2, 0.25) is 5.91 Å². The number of hydrogen-bond donors (Lipinski definition) is 2. The number of ether oxygens (including phenoxy) is 1. The van der Waals surface area contributed by atoms with Gasteiger partial charge in [0.25, 0.3) is 0 Å². The Kier molecular flexibility index (Phi) is 6.41. The molecule has 6 nitrogen and oxygen atoms in total. The lowest BCUT2D eigenvalue weighted by atomic mass is 9.96. The van der Waals surface area contributed by atoms with Gasteiger partial charge in [0.1, 0.15) is 10.6 Å². The molecule has 4 rings (SSSR count). The Morgan fingerprint density at radius 3 is 2.93 bits per heavy atom. The maximum Gasteiger partial charge on any atom is 0.234 e. The lowest BCUT2D eigenvalue weighted by Gasteiger charge is -2.26. The Labute approximate surface area is 192 Å². The molecule has 3 heterocycles. The maximum atomic E-state index is 12.3. The van der Waals surface area contributed by atoms with Crippen LogP contribution in [-0.2, 0) is 22.6 Å². The van der Waals surface area contributed by atoms with Gasteiger partial charge in [-0.15, -0.1) is 11.3 Å². The standard InChI is InChI=1S/C20H20Cl2N4O2S2/c1-9(2)14-6-11-15(7-28-14)30-19-17(11)18(23)25-20(26-19)29-8-16(27)24-13-4-3-10(21)5-12(13)22/h3-5,9,14H,6-8H2,1-2H3,(H,24,27)(H2,23,25,26). The zero-order chi connectivity index (χ0) is 21.4. The van der Waals surface area contributed by atoms with E-state index in [9.17, 15) is 4.79 Å². The number of nitrogens with zero attached hydrogens (tertiary/aromatic N) is 2. The molecule has 158 valence electrons. The summed E-state index contributed by atoms with van der Waals surface area (Å²) in [6, 6.07) is 4.91. The molecule has 30 heavy (non-hydrogen) atoms. The van der Waals surface area contributed by atoms with Crippen LogP contribution in [0.15, 0.2) is 23.4 Å². The van der Waals surface area contributed by atoms with Crippen molar-refractivity contribution in [3.8, 4) is 0 Å². The first-order chi connectivity index (χ1) is 14.3. The highest BCUT2D eigenvalue weighted by atomic mass is 35.5. The van der Waals surface area contributed by atoms with Crippen LogP contribution in [0.5, 0.6) is 0 Å². The number of nitrogens with two attached hydrogens (primary N) is 1. The minimum atomic E-state index is -0.217. The molecule has 1 aromatic carbocycles. The summed E-state index contributed by atoms with van der Waals surface area (Å²) >= 11 is 14.8. The van der Waals surface area contributed by atoms with Crippen LogP contribution in [0.2, 0.25) is 10.0 Å². The van der Waals surface area contributed by atoms with E-state index in [1.165, 1.54) is 17.3 Å². The number of nitrogens with one attached hydrogen (secondary N) is 1. The molecular formula is C20H20Cl2N4O2S2. The van der Waals surface area contributed by atoms with E-state index >= 15 is 0 Å². The lowest BCUT2D eigenvalue weighted by Crippen LogP contribution is -2.26. The Morgan fingerprint density at radius 1 is 1.40 bits per heavy atom. The number of amides is 1. The largest absolute Gasteiger partial charge is 0.383 e. The van der Waals surface area contributed by atoms with Crippen molar-refractivity contribution in [2.45, 2.75) is 38.1 Å². The second-order valence-electron chi connectivity index (χ2n) is 7.33. The minimum absolute atomic E-state index is 0.132. The molecule has 0 saturated heterocycles. The summed E-state index contributed by atoms with van der Waals surface area (Å²) in [7, 11) is 0. The van der Waals surface area contributed by atoms with Crippen LogP contribution in [0.4, 0.5) is 11.5 Å². The summed E-state index contributed by atoms with van der Waals surface area (Å²) in [5.74, 6) is 0.793. The van der Waals surface area contributed by atoms with Gasteiger partial charge in [0, 0.05) is 16.3 Å². The highest BCUT2D eigenvalue weighted by Crippen LogP contribution is 2.39. The van der Waals surface area contributed by atoms with Gasteiger partial charge in [-0.2, -0.15) is 0 Å². The number of fused-ring (bicyclic) bond motifs is 3. The summed E-state index contributed by atoms with van der Waals surface area (Å²) in [5.41, 5.74) is 7.99. The summed E-state index contributed by atoms with van der Waals surface area (Å²) in [6.45, 7) is 4.88. The van der Waals surface area contributed by atoms with Gasteiger partial charge in [-0.1, -0.05) is 48.8 Å². The number of rotatable bonds is 5. The SMILES string of the molecule is CC(C)C1Cc2c(sc3nc(SCC(=O)Nc4ccc(Cl)cc4Cl)nc(N)c23)CO1. The van der Waals surface area contributed by atoms with Crippen LogP contribution < -0.4 is 11.1 Å². The lowest BCUT2D eigenvalue weighted by molar-refractivity contribution is -0.113. The number of nitrogen functional groups attached to an aromatic ring is 1. The van der Waals surface area contributed by atoms with Crippen LogP contribution in [0.1, 0.15) is 24.3 Å². The van der Waals surface area contributed by atoms with Crippen LogP contribution in [0.25, 0.3) is 10.2 Å². The fourth-order valence-electron chi connectivity index (χ4n) is 3.29. The first kappa shape index (κ1) is 21.6. The van der Waals surface area contributed by atoms with Crippen molar-refractivity contribution in [3.63, 3.8) is 0 Å². The molecule has 10 heteroatoms. The molecule has 1 amide bonds. The summed E-state index contributed by atoms with van der Waals surface area (Å²) in [5, 5.41) is 5.05. The number of carbonyl (C=O) groups is 1. The quantitative estimate of drug-likeness (QED) is 0.373. The van der Waals surface area contributed by atoms with Gasteiger partial charge >= 0.3 is 0 Å². The van der Waals surface area contributed by atoms with Crippen LogP contribution >= 0.6 is 46.3 Å². The molecule has 0 fully saturated rings. The van der Waals surface area contributed by atoms with E-state index in [2.05, 4.69) is 29.1 Å². The Bertz CT molecular complexity index is 1120. The van der Waals surface area contributed by atoms with E-state index in [4.69, 9.17) is 33.7 Å². The number of thiophene rings is 1. The molecular weight excluding hydrogens is 463 g/mol. The van der Waals surface area contributed by atoms with E-state index in [0.29, 0.717) is 39.2 Å². The van der Waals surface area contributed by atoms with E-state index < -0.39 is 0 Å². The maximum absolute atomic E-state index is 12.3. The summed E-state index contributed by atoms with van der Waals surface area (Å²) < 4.78 is 5.96. The summed E-state index contributed by atoms with van der Waals surface area (Å²) in [4.78, 5) is 23.4. The predicted molar refractivity (Wildman–Crippen MR) is 125 cm³/mol. The molecule has 0 spiro atoms. The number of benzene rings is 1. The second-order valence-corrected chi connectivity index (χ2v) is 10.2. The van der Waals surface area contributed by atoms with Crippen molar-refractivity contribution >= 4 is 73.9 Å². The number of hydrogen-bond acceptors (Lipinski definition) is 7. The molecule has 3 aromatic rings. The molecule has 1 atom stereocenters. The number of carbonyl (C=O) groups excluding carboxylic acids is 1. The van der Waals surface area contributed by atoms with Gasteiger partial charge in [-0.25, -0.2) is 9.97 Å². The number of aromatic nitrogens is 2. The fourth-order valence-corrected chi connectivity index (χ4v) is 5.58. The molecule has 0 aliphatic carbocycles. The van der Waals surface area contributed by atoms with Crippen molar-refractivity contribution in [1.82, 2.24) is 9.97 Å². The van der Waals surface area contributed by atoms with Crippen molar-refractivity contribution in [3.05, 3.63) is 38.7 Å². The van der Waals surface area contributed by atoms with Crippen LogP contribution in [0.3, 0.4) is 0 Å². The van der Waals surface area contributed by atoms with Crippen molar-refractivity contribution in [2.75, 3.05) is 16.8 Å². The Morgan fingerprint density at radius 2 is 2.20 bits per heavy atom. The monoisotopic (exact) mass is 482 g/mol. The molecule has 0 saturated carbocycles. The molecule has 1 aliphatic heterocycles. The highest BCUT2D eigenvalue weighted by Gasteiger charge is 2.27. The molecule has 3 N–H and O–H groups in total. The van der Waals surface area contributed by atoms with Crippen molar-refractivity contribution in [1.29, 1.82) is 0 Å². The third-order valence-electron chi connectivity index (χ3n) is 4.86. The smallest absolute Gasteiger partial charge is 0.234 e. The average molecular weight is 483 g/mol. The molecule has 1 unspecified atom stereocenters. The first-order valence-corrected chi connectivity index (χ1v) is 11.9. The number of halogens is 2. The van der Waals surface area contributed by atoms with E-state index in [1.807, 2.05) is 0 Å². The second kappa shape index (κ2) is 8.88. The van der Waals surface area contributed by atoms with Gasteiger partial charge < -0.3 is 15.8 Å². The first-order valence-electron chi connectivity index (χ1n) is 9.39. The van der Waals surface area contributed by atoms with E-state index in [-0.39, 0.29) is 17.8 Å². The fraction of sp³-hybridized carbons (Fsp3) is 0.350. The Balaban J connectivity index is 1.48. The zero-order valence-electron chi connectivity index (χ0n) is 16.4. The average Bonchev–Trinajstić information content (AvgIpc) is 3.06. The molecule has 2 aromatic heterocycles. The van der Waals surface area contributed by atoms with Gasteiger partial charge in [0.15, 0.2) is 5.16 Å². The number of anilines is 2. The van der Waals surface area contributed by atoms with Crippen LogP contribution in [-0.4, -0.2) is 27.7 Å². The van der Waals surface area contributed by atoms with Gasteiger partial charge in [-0.3, -0.25) is 4.79 Å². The third-order valence-corrected chi connectivity index (χ3v) is 7.35. The minimum Gasteiger partial charge on any atom is -0.383 e. The highest BCUT2D eigenvalue weighted by molar-refractivity contribution is 7.99. The Hall–Kier alpha value is -1.58. The van der Waals surface area contributed by atoms with Gasteiger partial charge in [0.05, 0.1) is 34.6 Å². The summed E-state index contributed by atoms with van der Waals surface area (Å²) in [6.07, 6.45) is 0.990. The predicted octanol–water partition coefficient (Wildman–Crippen LogP) is 5.41.